The molecule has 6 heteroatoms. The van der Waals surface area contributed by atoms with Crippen molar-refractivity contribution in [3.63, 3.8) is 0 Å². The zero-order valence-electron chi connectivity index (χ0n) is 15.7. The third-order valence-corrected chi connectivity index (χ3v) is 3.79. The van der Waals surface area contributed by atoms with Crippen LogP contribution in [0.2, 0.25) is 0 Å². The van der Waals surface area contributed by atoms with E-state index in [0.717, 1.165) is 17.9 Å². The minimum Gasteiger partial charge on any atom is -0.349 e. The van der Waals surface area contributed by atoms with Crippen LogP contribution in [0.1, 0.15) is 28.7 Å². The van der Waals surface area contributed by atoms with Gasteiger partial charge < -0.3 is 15.1 Å². The van der Waals surface area contributed by atoms with E-state index < -0.39 is 0 Å². The van der Waals surface area contributed by atoms with E-state index >= 15 is 0 Å². The van der Waals surface area contributed by atoms with Crippen LogP contribution in [0.25, 0.3) is 0 Å². The molecular weight excluding hydrogens is 314 g/mol. The molecule has 0 unspecified atom stereocenters. The van der Waals surface area contributed by atoms with Crippen LogP contribution in [0.15, 0.2) is 30.3 Å². The van der Waals surface area contributed by atoms with Crippen LogP contribution < -0.4 is 10.2 Å². The van der Waals surface area contributed by atoms with E-state index in [-0.39, 0.29) is 5.91 Å². The van der Waals surface area contributed by atoms with E-state index in [2.05, 4.69) is 34.3 Å². The lowest BCUT2D eigenvalue weighted by Crippen LogP contribution is -2.32. The quantitative estimate of drug-likeness (QED) is 0.838. The number of amides is 1. The van der Waals surface area contributed by atoms with Gasteiger partial charge in [-0.15, -0.1) is 0 Å². The molecule has 1 amide bonds. The molecule has 0 aliphatic carbocycles. The highest BCUT2D eigenvalue weighted by molar-refractivity contribution is 5.92. The second kappa shape index (κ2) is 8.58. The molecule has 1 aromatic heterocycles. The third-order valence-electron chi connectivity index (χ3n) is 3.79. The van der Waals surface area contributed by atoms with Crippen LogP contribution in [-0.2, 0) is 0 Å². The highest BCUT2D eigenvalue weighted by Gasteiger charge is 2.15. The Balaban J connectivity index is 2.26. The molecule has 0 bridgehead atoms. The van der Waals surface area contributed by atoms with Crippen LogP contribution in [0.3, 0.4) is 0 Å². The molecule has 0 atom stereocenters. The van der Waals surface area contributed by atoms with Gasteiger partial charge in [0.15, 0.2) is 0 Å². The number of carbonyl (C=O) groups excluding carboxylic acids is 1. The summed E-state index contributed by atoms with van der Waals surface area (Å²) in [5.41, 5.74) is 3.36. The molecule has 25 heavy (non-hydrogen) atoms. The maximum atomic E-state index is 12.4. The van der Waals surface area contributed by atoms with Crippen LogP contribution in [0.5, 0.6) is 0 Å². The number of carbonyl (C=O) groups is 1. The van der Waals surface area contributed by atoms with Crippen molar-refractivity contribution in [2.24, 2.45) is 0 Å². The highest BCUT2D eigenvalue weighted by Crippen LogP contribution is 2.23. The Bertz CT molecular complexity index is 730. The van der Waals surface area contributed by atoms with Crippen LogP contribution in [0.4, 0.5) is 11.6 Å². The van der Waals surface area contributed by atoms with Crippen molar-refractivity contribution >= 4 is 17.5 Å². The van der Waals surface area contributed by atoms with E-state index in [1.54, 1.807) is 6.07 Å². The third kappa shape index (κ3) is 5.26. The zero-order valence-corrected chi connectivity index (χ0v) is 15.7. The fourth-order valence-corrected chi connectivity index (χ4v) is 2.51. The molecule has 0 saturated carbocycles. The Morgan fingerprint density at radius 1 is 1.16 bits per heavy atom. The van der Waals surface area contributed by atoms with Gasteiger partial charge in [-0.25, -0.2) is 9.97 Å². The smallest absolute Gasteiger partial charge is 0.270 e. The molecule has 134 valence electrons. The van der Waals surface area contributed by atoms with Gasteiger partial charge in [-0.2, -0.15) is 0 Å². The van der Waals surface area contributed by atoms with Crippen molar-refractivity contribution in [2.75, 3.05) is 38.6 Å². The fraction of sp³-hybridized carbons (Fsp3) is 0.421. The minimum absolute atomic E-state index is 0.172. The molecule has 0 saturated heterocycles. The summed E-state index contributed by atoms with van der Waals surface area (Å²) in [7, 11) is 3.94. The van der Waals surface area contributed by atoms with Crippen LogP contribution in [-0.4, -0.2) is 54.5 Å². The van der Waals surface area contributed by atoms with Gasteiger partial charge >= 0.3 is 0 Å². The predicted molar refractivity (Wildman–Crippen MR) is 102 cm³/mol. The number of rotatable bonds is 7. The van der Waals surface area contributed by atoms with Crippen molar-refractivity contribution in [2.45, 2.75) is 20.8 Å². The molecule has 0 aliphatic rings. The average Bonchev–Trinajstić information content (AvgIpc) is 2.54. The van der Waals surface area contributed by atoms with Crippen molar-refractivity contribution in [3.8, 4) is 0 Å². The molecule has 0 radical (unpaired) electrons. The van der Waals surface area contributed by atoms with Gasteiger partial charge in [-0.3, -0.25) is 4.79 Å². The Morgan fingerprint density at radius 3 is 2.56 bits per heavy atom. The number of aromatic nitrogens is 2. The number of aryl methyl sites for hydroxylation is 2. The topological polar surface area (TPSA) is 61.4 Å². The first-order valence-electron chi connectivity index (χ1n) is 8.53. The molecule has 1 heterocycles. The molecule has 6 nitrogen and oxygen atoms in total. The molecule has 1 N–H and O–H groups in total. The number of nitrogens with one attached hydrogen (secondary N) is 1. The van der Waals surface area contributed by atoms with Crippen LogP contribution >= 0.6 is 0 Å². The lowest BCUT2D eigenvalue weighted by Gasteiger charge is -2.22. The average molecular weight is 341 g/mol. The van der Waals surface area contributed by atoms with Gasteiger partial charge in [-0.1, -0.05) is 12.1 Å². The molecule has 0 fully saturated rings. The molecule has 0 aliphatic heterocycles. The number of hydrogen-bond acceptors (Lipinski definition) is 5. The van der Waals surface area contributed by atoms with E-state index in [9.17, 15) is 4.79 Å². The Kier molecular flexibility index (Phi) is 6.47. The van der Waals surface area contributed by atoms with Crippen molar-refractivity contribution in [1.82, 2.24) is 20.2 Å². The molecular formula is C19H27N5O. The van der Waals surface area contributed by atoms with Gasteiger partial charge in [0, 0.05) is 31.0 Å². The predicted octanol–water partition coefficient (Wildman–Crippen LogP) is 2.54. The number of hydrogen-bond donors (Lipinski definition) is 1. The second-order valence-corrected chi connectivity index (χ2v) is 6.34. The maximum Gasteiger partial charge on any atom is 0.270 e. The maximum absolute atomic E-state index is 12.4. The van der Waals surface area contributed by atoms with Crippen molar-refractivity contribution < 1.29 is 4.79 Å². The summed E-state index contributed by atoms with van der Waals surface area (Å²) in [6, 6.07) is 9.90. The second-order valence-electron chi connectivity index (χ2n) is 6.34. The standard InChI is InChI=1S/C19H27N5O/c1-6-24(16-9-7-8-14(2)12-16)19-21-15(3)13-17(22-19)18(25)20-10-11-23(4)5/h7-9,12-13H,6,10-11H2,1-5H3,(H,20,25). The molecule has 1 aromatic carbocycles. The molecule has 2 aromatic rings. The normalized spacial score (nSPS) is 10.8. The SMILES string of the molecule is CCN(c1cccc(C)c1)c1nc(C)cc(C(=O)NCCN(C)C)n1. The number of anilines is 2. The first-order chi connectivity index (χ1) is 11.9. The van der Waals surface area contributed by atoms with E-state index in [1.165, 1.54) is 5.56 Å². The lowest BCUT2D eigenvalue weighted by atomic mass is 10.2. The first kappa shape index (κ1) is 18.9. The Hall–Kier alpha value is -2.47. The summed E-state index contributed by atoms with van der Waals surface area (Å²) in [5.74, 6) is 0.375. The number of nitrogens with zero attached hydrogens (tertiary/aromatic N) is 4. The van der Waals surface area contributed by atoms with Gasteiger partial charge in [0.1, 0.15) is 5.69 Å². The van der Waals surface area contributed by atoms with Gasteiger partial charge in [0.2, 0.25) is 5.95 Å². The highest BCUT2D eigenvalue weighted by atomic mass is 16.1. The van der Waals surface area contributed by atoms with Crippen molar-refractivity contribution in [3.05, 3.63) is 47.3 Å². The summed E-state index contributed by atoms with van der Waals surface area (Å²) in [6.45, 7) is 8.07. The Morgan fingerprint density at radius 2 is 1.92 bits per heavy atom. The van der Waals surface area contributed by atoms with Gasteiger partial charge in [0.25, 0.3) is 5.91 Å². The summed E-state index contributed by atoms with van der Waals surface area (Å²) in [4.78, 5) is 25.5. The van der Waals surface area contributed by atoms with E-state index in [1.807, 2.05) is 49.9 Å². The summed E-state index contributed by atoms with van der Waals surface area (Å²) in [6.07, 6.45) is 0. The number of likely N-dealkylation sites (N-methyl/N-ethyl adjacent to an activating group) is 1. The van der Waals surface area contributed by atoms with Gasteiger partial charge in [0.05, 0.1) is 0 Å². The lowest BCUT2D eigenvalue weighted by molar-refractivity contribution is 0.0946. The summed E-state index contributed by atoms with van der Waals surface area (Å²) in [5, 5.41) is 2.90. The van der Waals surface area contributed by atoms with Crippen LogP contribution in [0, 0.1) is 13.8 Å². The van der Waals surface area contributed by atoms with Gasteiger partial charge in [-0.05, 0) is 58.6 Å². The molecule has 2 rings (SSSR count). The monoisotopic (exact) mass is 341 g/mol. The Labute approximate surface area is 149 Å². The largest absolute Gasteiger partial charge is 0.349 e. The van der Waals surface area contributed by atoms with E-state index in [4.69, 9.17) is 0 Å². The molecule has 0 spiro atoms. The van der Waals surface area contributed by atoms with E-state index in [0.29, 0.717) is 24.7 Å². The number of benzene rings is 1. The minimum atomic E-state index is -0.172. The zero-order chi connectivity index (χ0) is 18.4. The van der Waals surface area contributed by atoms with Crippen molar-refractivity contribution in [1.29, 1.82) is 0 Å². The summed E-state index contributed by atoms with van der Waals surface area (Å²) < 4.78 is 0. The summed E-state index contributed by atoms with van der Waals surface area (Å²) >= 11 is 0. The first-order valence-corrected chi connectivity index (χ1v) is 8.53. The fourth-order valence-electron chi connectivity index (χ4n) is 2.51.